The molecule has 0 amide bonds. The lowest BCUT2D eigenvalue weighted by Gasteiger charge is -2.08. The van der Waals surface area contributed by atoms with Crippen molar-refractivity contribution in [2.75, 3.05) is 6.54 Å². The van der Waals surface area contributed by atoms with E-state index in [4.69, 9.17) is 5.73 Å². The van der Waals surface area contributed by atoms with E-state index in [0.717, 1.165) is 18.4 Å². The molecule has 1 aliphatic carbocycles. The van der Waals surface area contributed by atoms with E-state index in [2.05, 4.69) is 5.10 Å². The van der Waals surface area contributed by atoms with Crippen LogP contribution >= 0.6 is 0 Å². The maximum absolute atomic E-state index is 11.8. The van der Waals surface area contributed by atoms with E-state index < -0.39 is 0 Å². The Morgan fingerprint density at radius 1 is 1.50 bits per heavy atom. The highest BCUT2D eigenvalue weighted by Crippen LogP contribution is 2.27. The third-order valence-corrected chi connectivity index (χ3v) is 2.97. The summed E-state index contributed by atoms with van der Waals surface area (Å²) in [6, 6.07) is 0.397. The molecule has 0 aromatic carbocycles. The lowest BCUT2D eigenvalue weighted by atomic mass is 10.2. The zero-order valence-corrected chi connectivity index (χ0v) is 8.33. The third-order valence-electron chi connectivity index (χ3n) is 2.97. The summed E-state index contributed by atoms with van der Waals surface area (Å²) in [5, 5.41) is 3.05. The number of H-pyrrole nitrogens is 1. The number of hydrogen-bond acceptors (Lipinski definition) is 2. The summed E-state index contributed by atoms with van der Waals surface area (Å²) in [4.78, 5) is 11.8. The molecule has 0 radical (unpaired) electrons. The minimum absolute atomic E-state index is 0.127. The molecule has 0 unspecified atom stereocenters. The minimum Gasteiger partial charge on any atom is -0.330 e. The first kappa shape index (κ1) is 9.52. The molecule has 4 heteroatoms. The number of nitrogens with zero attached hydrogens (tertiary/aromatic N) is 1. The molecule has 1 aromatic rings. The third kappa shape index (κ3) is 1.62. The van der Waals surface area contributed by atoms with Gasteiger partial charge >= 0.3 is 0 Å². The SMILES string of the molecule is NCCc1c[nH]n(C2CCCC2)c1=O. The topological polar surface area (TPSA) is 63.8 Å². The van der Waals surface area contributed by atoms with Gasteiger partial charge in [-0.15, -0.1) is 0 Å². The van der Waals surface area contributed by atoms with E-state index >= 15 is 0 Å². The molecule has 1 fully saturated rings. The standard InChI is InChI=1S/C10H17N3O/c11-6-5-8-7-12-13(10(8)14)9-3-1-2-4-9/h7,9,12H,1-6,11H2. The molecule has 1 saturated carbocycles. The quantitative estimate of drug-likeness (QED) is 0.749. The van der Waals surface area contributed by atoms with Crippen molar-refractivity contribution in [1.82, 2.24) is 9.78 Å². The van der Waals surface area contributed by atoms with Gasteiger partial charge in [-0.25, -0.2) is 4.68 Å². The van der Waals surface area contributed by atoms with Crippen LogP contribution in [0.25, 0.3) is 0 Å². The van der Waals surface area contributed by atoms with Gasteiger partial charge in [-0.3, -0.25) is 4.79 Å². The molecule has 0 saturated heterocycles. The summed E-state index contributed by atoms with van der Waals surface area (Å²) in [6.07, 6.45) is 7.21. The van der Waals surface area contributed by atoms with Crippen molar-refractivity contribution in [3.8, 4) is 0 Å². The summed E-state index contributed by atoms with van der Waals surface area (Å²) in [6.45, 7) is 0.539. The highest BCUT2D eigenvalue weighted by molar-refractivity contribution is 5.06. The summed E-state index contributed by atoms with van der Waals surface area (Å²) < 4.78 is 1.78. The van der Waals surface area contributed by atoms with Crippen LogP contribution in [0.4, 0.5) is 0 Å². The number of aromatic amines is 1. The first-order valence-corrected chi connectivity index (χ1v) is 5.32. The first-order chi connectivity index (χ1) is 6.83. The fourth-order valence-electron chi connectivity index (χ4n) is 2.19. The molecular formula is C10H17N3O. The van der Waals surface area contributed by atoms with Crippen LogP contribution in [0, 0.1) is 0 Å². The van der Waals surface area contributed by atoms with Crippen molar-refractivity contribution in [2.45, 2.75) is 38.1 Å². The van der Waals surface area contributed by atoms with Gasteiger partial charge in [0.2, 0.25) is 0 Å². The summed E-state index contributed by atoms with van der Waals surface area (Å²) in [5.74, 6) is 0. The normalized spacial score (nSPS) is 17.8. The second-order valence-corrected chi connectivity index (χ2v) is 3.95. The molecule has 14 heavy (non-hydrogen) atoms. The highest BCUT2D eigenvalue weighted by Gasteiger charge is 2.19. The number of nitrogens with two attached hydrogens (primary N) is 1. The molecule has 0 spiro atoms. The Hall–Kier alpha value is -1.03. The lowest BCUT2D eigenvalue weighted by Crippen LogP contribution is -2.23. The Balaban J connectivity index is 2.21. The highest BCUT2D eigenvalue weighted by atomic mass is 16.1. The molecule has 1 aliphatic rings. The first-order valence-electron chi connectivity index (χ1n) is 5.32. The van der Waals surface area contributed by atoms with Crippen molar-refractivity contribution >= 4 is 0 Å². The van der Waals surface area contributed by atoms with E-state index in [0.29, 0.717) is 19.0 Å². The van der Waals surface area contributed by atoms with Crippen molar-refractivity contribution < 1.29 is 0 Å². The van der Waals surface area contributed by atoms with Crippen molar-refractivity contribution in [1.29, 1.82) is 0 Å². The number of hydrogen-bond donors (Lipinski definition) is 2. The molecule has 1 heterocycles. The average Bonchev–Trinajstić information content (AvgIpc) is 2.77. The van der Waals surface area contributed by atoms with E-state index in [1.807, 2.05) is 0 Å². The van der Waals surface area contributed by atoms with E-state index in [-0.39, 0.29) is 5.56 Å². The molecular weight excluding hydrogens is 178 g/mol. The van der Waals surface area contributed by atoms with E-state index in [9.17, 15) is 4.79 Å². The van der Waals surface area contributed by atoms with Gasteiger partial charge in [-0.05, 0) is 25.8 Å². The van der Waals surface area contributed by atoms with Crippen LogP contribution in [0.5, 0.6) is 0 Å². The fraction of sp³-hybridized carbons (Fsp3) is 0.700. The van der Waals surface area contributed by atoms with Gasteiger partial charge in [0.15, 0.2) is 0 Å². The zero-order chi connectivity index (χ0) is 9.97. The largest absolute Gasteiger partial charge is 0.330 e. The minimum atomic E-state index is 0.127. The van der Waals surface area contributed by atoms with Gasteiger partial charge < -0.3 is 10.8 Å². The molecule has 2 rings (SSSR count). The molecule has 0 bridgehead atoms. The Labute approximate surface area is 83.1 Å². The van der Waals surface area contributed by atoms with Crippen LogP contribution < -0.4 is 11.3 Å². The van der Waals surface area contributed by atoms with E-state index in [1.165, 1.54) is 12.8 Å². The van der Waals surface area contributed by atoms with Crippen molar-refractivity contribution in [3.63, 3.8) is 0 Å². The van der Waals surface area contributed by atoms with Crippen LogP contribution in [0.1, 0.15) is 37.3 Å². The molecule has 1 aromatic heterocycles. The van der Waals surface area contributed by atoms with Gasteiger partial charge in [-0.2, -0.15) is 0 Å². The molecule has 78 valence electrons. The average molecular weight is 195 g/mol. The summed E-state index contributed by atoms with van der Waals surface area (Å²) in [5.41, 5.74) is 6.38. The fourth-order valence-corrected chi connectivity index (χ4v) is 2.19. The summed E-state index contributed by atoms with van der Waals surface area (Å²) >= 11 is 0. The maximum Gasteiger partial charge on any atom is 0.269 e. The predicted octanol–water partition coefficient (Wildman–Crippen LogP) is 0.793. The van der Waals surface area contributed by atoms with E-state index in [1.54, 1.807) is 10.9 Å². The molecule has 0 atom stereocenters. The Bertz CT molecular complexity index is 346. The zero-order valence-electron chi connectivity index (χ0n) is 8.33. The van der Waals surface area contributed by atoms with Crippen LogP contribution in [0.3, 0.4) is 0 Å². The number of nitrogens with one attached hydrogen (secondary N) is 1. The van der Waals surface area contributed by atoms with Crippen LogP contribution in [-0.2, 0) is 6.42 Å². The van der Waals surface area contributed by atoms with Crippen molar-refractivity contribution in [3.05, 3.63) is 22.1 Å². The second-order valence-electron chi connectivity index (χ2n) is 3.95. The van der Waals surface area contributed by atoms with Crippen molar-refractivity contribution in [2.24, 2.45) is 5.73 Å². The summed E-state index contributed by atoms with van der Waals surface area (Å²) in [7, 11) is 0. The molecule has 0 aliphatic heterocycles. The maximum atomic E-state index is 11.8. The predicted molar refractivity (Wildman–Crippen MR) is 55.3 cm³/mol. The Kier molecular flexibility index (Phi) is 2.72. The Morgan fingerprint density at radius 3 is 2.86 bits per heavy atom. The van der Waals surface area contributed by atoms with Gasteiger partial charge in [0.05, 0.1) is 6.04 Å². The second kappa shape index (κ2) is 4.00. The molecule has 3 N–H and O–H groups in total. The lowest BCUT2D eigenvalue weighted by molar-refractivity contribution is 0.454. The van der Waals surface area contributed by atoms with Gasteiger partial charge in [0.1, 0.15) is 0 Å². The molecule has 4 nitrogen and oxygen atoms in total. The smallest absolute Gasteiger partial charge is 0.269 e. The van der Waals surface area contributed by atoms with Gasteiger partial charge in [0.25, 0.3) is 5.56 Å². The monoisotopic (exact) mass is 195 g/mol. The number of aromatic nitrogens is 2. The van der Waals surface area contributed by atoms with Gasteiger partial charge in [-0.1, -0.05) is 12.8 Å². The van der Waals surface area contributed by atoms with Crippen LogP contribution in [0.2, 0.25) is 0 Å². The van der Waals surface area contributed by atoms with Crippen LogP contribution in [0.15, 0.2) is 11.0 Å². The number of rotatable bonds is 3. The van der Waals surface area contributed by atoms with Crippen LogP contribution in [-0.4, -0.2) is 16.3 Å². The van der Waals surface area contributed by atoms with Gasteiger partial charge in [0, 0.05) is 11.8 Å². The Morgan fingerprint density at radius 2 is 2.21 bits per heavy atom.